The summed E-state index contributed by atoms with van der Waals surface area (Å²) in [6.07, 6.45) is 8.14. The standard InChI is InChI=1S/C12H15N.C2H6/c1-4-6-11-9-8-10(3)13-12(11)7-5-2;1-2/h4-9H,1-3H3;1-2H3/b6-4-,7-5-;. The molecule has 0 N–H and O–H groups in total. The van der Waals surface area contributed by atoms with Crippen molar-refractivity contribution in [2.24, 2.45) is 0 Å². The molecule has 0 fully saturated rings. The molecule has 1 rings (SSSR count). The van der Waals surface area contributed by atoms with Gasteiger partial charge >= 0.3 is 0 Å². The molecule has 1 aromatic rings. The van der Waals surface area contributed by atoms with Gasteiger partial charge in [0.2, 0.25) is 0 Å². The number of allylic oxidation sites excluding steroid dienone is 2. The fraction of sp³-hybridized carbons (Fsp3) is 0.357. The Morgan fingerprint density at radius 2 is 1.60 bits per heavy atom. The number of hydrogen-bond acceptors (Lipinski definition) is 1. The van der Waals surface area contributed by atoms with Crippen molar-refractivity contribution in [1.82, 2.24) is 4.98 Å². The second-order valence-corrected chi connectivity index (χ2v) is 2.93. The molecule has 1 heterocycles. The number of rotatable bonds is 2. The fourth-order valence-electron chi connectivity index (χ4n) is 1.20. The Morgan fingerprint density at radius 3 is 2.13 bits per heavy atom. The Hall–Kier alpha value is -1.37. The Labute approximate surface area is 93.6 Å². The van der Waals surface area contributed by atoms with E-state index >= 15 is 0 Å². The van der Waals surface area contributed by atoms with Gasteiger partial charge in [-0.05, 0) is 38.5 Å². The molecule has 15 heavy (non-hydrogen) atoms. The van der Waals surface area contributed by atoms with Gasteiger partial charge in [-0.2, -0.15) is 0 Å². The summed E-state index contributed by atoms with van der Waals surface area (Å²) >= 11 is 0. The first-order valence-corrected chi connectivity index (χ1v) is 5.51. The molecular weight excluding hydrogens is 182 g/mol. The lowest BCUT2D eigenvalue weighted by Crippen LogP contribution is -1.88. The van der Waals surface area contributed by atoms with Crippen LogP contribution in [0.4, 0.5) is 0 Å². The van der Waals surface area contributed by atoms with Crippen molar-refractivity contribution in [2.75, 3.05) is 0 Å². The molecule has 1 heteroatoms. The van der Waals surface area contributed by atoms with Gasteiger partial charge in [0.1, 0.15) is 0 Å². The molecule has 0 unspecified atom stereocenters. The highest BCUT2D eigenvalue weighted by molar-refractivity contribution is 5.62. The monoisotopic (exact) mass is 203 g/mol. The van der Waals surface area contributed by atoms with Crippen molar-refractivity contribution in [1.29, 1.82) is 0 Å². The van der Waals surface area contributed by atoms with E-state index in [4.69, 9.17) is 0 Å². The Balaban J connectivity index is 0.000000921. The van der Waals surface area contributed by atoms with Crippen LogP contribution in [0.3, 0.4) is 0 Å². The van der Waals surface area contributed by atoms with Crippen molar-refractivity contribution >= 4 is 12.2 Å². The zero-order valence-electron chi connectivity index (χ0n) is 10.4. The fourth-order valence-corrected chi connectivity index (χ4v) is 1.20. The van der Waals surface area contributed by atoms with Crippen LogP contribution >= 0.6 is 0 Å². The van der Waals surface area contributed by atoms with Crippen LogP contribution in [0.2, 0.25) is 0 Å². The van der Waals surface area contributed by atoms with Crippen molar-refractivity contribution in [3.63, 3.8) is 0 Å². The molecule has 0 aromatic carbocycles. The third-order valence-electron chi connectivity index (χ3n) is 1.77. The van der Waals surface area contributed by atoms with Crippen molar-refractivity contribution in [3.05, 3.63) is 41.2 Å². The Bertz CT molecular complexity index is 335. The smallest absolute Gasteiger partial charge is 0.0701 e. The SMILES string of the molecule is C/C=C\c1ccc(C)nc1/C=C\C.CC. The summed E-state index contributed by atoms with van der Waals surface area (Å²) in [6, 6.07) is 4.12. The third kappa shape index (κ3) is 4.59. The average molecular weight is 203 g/mol. The van der Waals surface area contributed by atoms with E-state index in [-0.39, 0.29) is 0 Å². The highest BCUT2D eigenvalue weighted by Gasteiger charge is 1.96. The molecule has 82 valence electrons. The summed E-state index contributed by atoms with van der Waals surface area (Å²) in [5.41, 5.74) is 3.27. The minimum Gasteiger partial charge on any atom is -0.253 e. The van der Waals surface area contributed by atoms with Gasteiger partial charge in [0.25, 0.3) is 0 Å². The predicted molar refractivity (Wildman–Crippen MR) is 69.7 cm³/mol. The van der Waals surface area contributed by atoms with E-state index in [1.165, 1.54) is 5.56 Å². The van der Waals surface area contributed by atoms with Gasteiger partial charge in [-0.1, -0.05) is 38.1 Å². The summed E-state index contributed by atoms with van der Waals surface area (Å²) in [6.45, 7) is 10.0. The van der Waals surface area contributed by atoms with Crippen molar-refractivity contribution < 1.29 is 0 Å². The van der Waals surface area contributed by atoms with E-state index in [0.29, 0.717) is 0 Å². The van der Waals surface area contributed by atoms with E-state index in [9.17, 15) is 0 Å². The first kappa shape index (κ1) is 13.6. The molecule has 0 saturated carbocycles. The summed E-state index contributed by atoms with van der Waals surface area (Å²) in [4.78, 5) is 4.44. The van der Waals surface area contributed by atoms with Crippen LogP contribution in [-0.2, 0) is 0 Å². The van der Waals surface area contributed by atoms with Crippen LogP contribution in [0.25, 0.3) is 12.2 Å². The van der Waals surface area contributed by atoms with Gasteiger partial charge in [0.15, 0.2) is 0 Å². The number of hydrogen-bond donors (Lipinski definition) is 0. The minimum atomic E-state index is 1.04. The molecule has 0 aliphatic carbocycles. The van der Waals surface area contributed by atoms with Gasteiger partial charge < -0.3 is 0 Å². The van der Waals surface area contributed by atoms with Crippen LogP contribution in [0.1, 0.15) is 44.6 Å². The molecule has 0 radical (unpaired) electrons. The predicted octanol–water partition coefficient (Wildman–Crippen LogP) is 4.48. The molecule has 0 aliphatic heterocycles. The molecule has 0 atom stereocenters. The Morgan fingerprint density at radius 1 is 1.00 bits per heavy atom. The largest absolute Gasteiger partial charge is 0.253 e. The number of pyridine rings is 1. The summed E-state index contributed by atoms with van der Waals surface area (Å²) < 4.78 is 0. The maximum Gasteiger partial charge on any atom is 0.0701 e. The lowest BCUT2D eigenvalue weighted by atomic mass is 10.1. The van der Waals surface area contributed by atoms with Crippen molar-refractivity contribution in [2.45, 2.75) is 34.6 Å². The molecule has 0 spiro atoms. The van der Waals surface area contributed by atoms with Crippen LogP contribution in [0, 0.1) is 6.92 Å². The van der Waals surface area contributed by atoms with Crippen LogP contribution in [-0.4, -0.2) is 4.98 Å². The Kier molecular flexibility index (Phi) is 7.25. The molecule has 1 nitrogen and oxygen atoms in total. The molecule has 0 saturated heterocycles. The molecule has 0 bridgehead atoms. The lowest BCUT2D eigenvalue weighted by molar-refractivity contribution is 1.17. The number of aryl methyl sites for hydroxylation is 1. The summed E-state index contributed by atoms with van der Waals surface area (Å²) in [7, 11) is 0. The van der Waals surface area contributed by atoms with Gasteiger partial charge in [0.05, 0.1) is 5.69 Å². The third-order valence-corrected chi connectivity index (χ3v) is 1.77. The highest BCUT2D eigenvalue weighted by Crippen LogP contribution is 2.11. The number of nitrogens with zero attached hydrogens (tertiary/aromatic N) is 1. The van der Waals surface area contributed by atoms with Gasteiger partial charge in [-0.3, -0.25) is 4.98 Å². The zero-order chi connectivity index (χ0) is 11.7. The molecular formula is C14H21N. The van der Waals surface area contributed by atoms with Crippen LogP contribution in [0.15, 0.2) is 24.3 Å². The second kappa shape index (κ2) is 7.98. The van der Waals surface area contributed by atoms with Crippen LogP contribution < -0.4 is 0 Å². The van der Waals surface area contributed by atoms with Crippen LogP contribution in [0.5, 0.6) is 0 Å². The molecule has 1 aromatic heterocycles. The first-order valence-electron chi connectivity index (χ1n) is 5.51. The number of aromatic nitrogens is 1. The highest BCUT2D eigenvalue weighted by atomic mass is 14.7. The summed E-state index contributed by atoms with van der Waals surface area (Å²) in [5.74, 6) is 0. The van der Waals surface area contributed by atoms with E-state index < -0.39 is 0 Å². The quantitative estimate of drug-likeness (QED) is 0.690. The molecule has 0 amide bonds. The maximum absolute atomic E-state index is 4.44. The topological polar surface area (TPSA) is 12.9 Å². The van der Waals surface area contributed by atoms with E-state index in [2.05, 4.69) is 17.1 Å². The van der Waals surface area contributed by atoms with Gasteiger partial charge in [-0.25, -0.2) is 0 Å². The molecule has 0 aliphatic rings. The van der Waals surface area contributed by atoms with E-state index in [1.807, 2.05) is 58.9 Å². The minimum absolute atomic E-state index is 1.04. The van der Waals surface area contributed by atoms with Crippen molar-refractivity contribution in [3.8, 4) is 0 Å². The van der Waals surface area contributed by atoms with E-state index in [1.54, 1.807) is 0 Å². The van der Waals surface area contributed by atoms with Gasteiger partial charge in [-0.15, -0.1) is 0 Å². The average Bonchev–Trinajstić information content (AvgIpc) is 2.26. The zero-order valence-corrected chi connectivity index (χ0v) is 10.4. The van der Waals surface area contributed by atoms with Gasteiger partial charge in [0, 0.05) is 5.69 Å². The van der Waals surface area contributed by atoms with E-state index in [0.717, 1.165) is 11.4 Å². The lowest BCUT2D eigenvalue weighted by Gasteiger charge is -2.00. The first-order chi connectivity index (χ1) is 7.27. The normalized spacial score (nSPS) is 10.5. The maximum atomic E-state index is 4.44. The summed E-state index contributed by atoms with van der Waals surface area (Å²) in [5, 5.41) is 0. The second-order valence-electron chi connectivity index (χ2n) is 2.93.